The van der Waals surface area contributed by atoms with Gasteiger partial charge in [0.25, 0.3) is 0 Å². The molecule has 1 aromatic rings. The minimum absolute atomic E-state index is 0. The SMILES string of the molecule is C=CCC(N)(C=Cc1ccccc1)CC=C.Cl. The molecular weight excluding hydrogens is 230 g/mol. The van der Waals surface area contributed by atoms with Gasteiger partial charge in [0.05, 0.1) is 0 Å². The first kappa shape index (κ1) is 15.7. The van der Waals surface area contributed by atoms with E-state index in [4.69, 9.17) is 5.73 Å². The topological polar surface area (TPSA) is 26.0 Å². The molecule has 1 rings (SSSR count). The highest BCUT2D eigenvalue weighted by molar-refractivity contribution is 5.85. The molecule has 0 amide bonds. The highest BCUT2D eigenvalue weighted by Crippen LogP contribution is 2.17. The van der Waals surface area contributed by atoms with Crippen LogP contribution >= 0.6 is 12.4 Å². The minimum atomic E-state index is -0.362. The Morgan fingerprint density at radius 1 is 1.06 bits per heavy atom. The number of hydrogen-bond donors (Lipinski definition) is 1. The van der Waals surface area contributed by atoms with Gasteiger partial charge in [-0.1, -0.05) is 54.6 Å². The van der Waals surface area contributed by atoms with Crippen molar-refractivity contribution < 1.29 is 0 Å². The molecular formula is C15H20ClN. The van der Waals surface area contributed by atoms with Gasteiger partial charge in [-0.05, 0) is 18.4 Å². The van der Waals surface area contributed by atoms with Crippen LogP contribution in [0.5, 0.6) is 0 Å². The van der Waals surface area contributed by atoms with E-state index in [1.165, 1.54) is 0 Å². The number of halogens is 1. The summed E-state index contributed by atoms with van der Waals surface area (Å²) in [5.41, 5.74) is 7.03. The van der Waals surface area contributed by atoms with Crippen molar-refractivity contribution in [2.75, 3.05) is 0 Å². The fraction of sp³-hybridized carbons (Fsp3) is 0.200. The van der Waals surface area contributed by atoms with E-state index < -0.39 is 0 Å². The molecule has 1 aromatic carbocycles. The van der Waals surface area contributed by atoms with Gasteiger partial charge in [0.15, 0.2) is 0 Å². The summed E-state index contributed by atoms with van der Waals surface area (Å²) in [4.78, 5) is 0. The molecule has 0 saturated heterocycles. The summed E-state index contributed by atoms with van der Waals surface area (Å²) in [6, 6.07) is 10.1. The van der Waals surface area contributed by atoms with Crippen molar-refractivity contribution in [2.45, 2.75) is 18.4 Å². The van der Waals surface area contributed by atoms with E-state index in [-0.39, 0.29) is 17.9 Å². The van der Waals surface area contributed by atoms with Gasteiger partial charge in [-0.25, -0.2) is 0 Å². The van der Waals surface area contributed by atoms with Crippen LogP contribution in [0.25, 0.3) is 6.08 Å². The summed E-state index contributed by atoms with van der Waals surface area (Å²) in [5, 5.41) is 0. The van der Waals surface area contributed by atoms with Gasteiger partial charge in [0, 0.05) is 5.54 Å². The minimum Gasteiger partial charge on any atom is -0.321 e. The Bertz CT molecular complexity index is 358. The summed E-state index contributed by atoms with van der Waals surface area (Å²) in [7, 11) is 0. The molecule has 2 N–H and O–H groups in total. The fourth-order valence-corrected chi connectivity index (χ4v) is 1.58. The summed E-state index contributed by atoms with van der Waals surface area (Å²) in [6.45, 7) is 7.47. The summed E-state index contributed by atoms with van der Waals surface area (Å²) in [6.07, 6.45) is 9.28. The normalized spacial score (nSPS) is 10.9. The Kier molecular flexibility index (Phi) is 7.27. The maximum Gasteiger partial charge on any atom is 0.0412 e. The van der Waals surface area contributed by atoms with Crippen molar-refractivity contribution in [3.8, 4) is 0 Å². The second-order valence-electron chi connectivity index (χ2n) is 3.96. The molecule has 0 atom stereocenters. The molecule has 92 valence electrons. The standard InChI is InChI=1S/C15H19N.ClH/c1-3-11-15(16,12-4-2)13-10-14-8-6-5-7-9-14;/h3-10,13H,1-2,11-12,16H2;1H. The van der Waals surface area contributed by atoms with E-state index >= 15 is 0 Å². The Morgan fingerprint density at radius 3 is 2.06 bits per heavy atom. The van der Waals surface area contributed by atoms with Crippen molar-refractivity contribution in [3.63, 3.8) is 0 Å². The average molecular weight is 250 g/mol. The third-order valence-electron chi connectivity index (χ3n) is 2.46. The smallest absolute Gasteiger partial charge is 0.0412 e. The monoisotopic (exact) mass is 249 g/mol. The first-order chi connectivity index (χ1) is 7.70. The lowest BCUT2D eigenvalue weighted by atomic mass is 9.91. The van der Waals surface area contributed by atoms with Gasteiger partial charge in [0.2, 0.25) is 0 Å². The molecule has 0 saturated carbocycles. The third kappa shape index (κ3) is 5.53. The van der Waals surface area contributed by atoms with Crippen molar-refractivity contribution in [2.24, 2.45) is 5.73 Å². The van der Waals surface area contributed by atoms with Gasteiger partial charge in [-0.3, -0.25) is 0 Å². The molecule has 0 bridgehead atoms. The second-order valence-corrected chi connectivity index (χ2v) is 3.96. The van der Waals surface area contributed by atoms with Gasteiger partial charge in [-0.2, -0.15) is 0 Å². The molecule has 0 aliphatic rings. The quantitative estimate of drug-likeness (QED) is 0.759. The van der Waals surface area contributed by atoms with Crippen LogP contribution in [0.2, 0.25) is 0 Å². The largest absolute Gasteiger partial charge is 0.321 e. The predicted octanol–water partition coefficient (Wildman–Crippen LogP) is 3.97. The van der Waals surface area contributed by atoms with Crippen LogP contribution in [0, 0.1) is 0 Å². The van der Waals surface area contributed by atoms with Crippen molar-refractivity contribution >= 4 is 18.5 Å². The van der Waals surface area contributed by atoms with E-state index in [9.17, 15) is 0 Å². The van der Waals surface area contributed by atoms with Crippen molar-refractivity contribution in [1.82, 2.24) is 0 Å². The average Bonchev–Trinajstić information content (AvgIpc) is 2.29. The third-order valence-corrected chi connectivity index (χ3v) is 2.46. The lowest BCUT2D eigenvalue weighted by Crippen LogP contribution is -2.36. The molecule has 1 nitrogen and oxygen atoms in total. The molecule has 0 aliphatic carbocycles. The molecule has 0 radical (unpaired) electrons. The van der Waals surface area contributed by atoms with Gasteiger partial charge < -0.3 is 5.73 Å². The molecule has 0 aliphatic heterocycles. The zero-order chi connectivity index (χ0) is 11.9. The predicted molar refractivity (Wildman–Crippen MR) is 79.3 cm³/mol. The van der Waals surface area contributed by atoms with Crippen LogP contribution in [-0.2, 0) is 0 Å². The van der Waals surface area contributed by atoms with E-state index in [0.717, 1.165) is 18.4 Å². The number of hydrogen-bond acceptors (Lipinski definition) is 1. The molecule has 0 aromatic heterocycles. The van der Waals surface area contributed by atoms with E-state index in [2.05, 4.69) is 25.3 Å². The molecule has 17 heavy (non-hydrogen) atoms. The molecule has 2 heteroatoms. The fourth-order valence-electron chi connectivity index (χ4n) is 1.58. The Morgan fingerprint density at radius 2 is 1.59 bits per heavy atom. The number of benzene rings is 1. The van der Waals surface area contributed by atoms with Crippen LogP contribution in [0.15, 0.2) is 61.7 Å². The van der Waals surface area contributed by atoms with Crippen molar-refractivity contribution in [1.29, 1.82) is 0 Å². The van der Waals surface area contributed by atoms with Gasteiger partial charge in [-0.15, -0.1) is 25.6 Å². The van der Waals surface area contributed by atoms with Gasteiger partial charge >= 0.3 is 0 Å². The Hall–Kier alpha value is -1.31. The lowest BCUT2D eigenvalue weighted by molar-refractivity contribution is 0.546. The first-order valence-electron chi connectivity index (χ1n) is 5.45. The first-order valence-corrected chi connectivity index (χ1v) is 5.45. The second kappa shape index (κ2) is 7.88. The maximum atomic E-state index is 6.24. The van der Waals surface area contributed by atoms with E-state index in [1.54, 1.807) is 0 Å². The van der Waals surface area contributed by atoms with Gasteiger partial charge in [0.1, 0.15) is 0 Å². The zero-order valence-corrected chi connectivity index (χ0v) is 10.8. The summed E-state index contributed by atoms with van der Waals surface area (Å²) in [5.74, 6) is 0. The van der Waals surface area contributed by atoms with Crippen molar-refractivity contribution in [3.05, 3.63) is 67.3 Å². The molecule has 0 spiro atoms. The number of rotatable bonds is 6. The highest BCUT2D eigenvalue weighted by Gasteiger charge is 2.17. The highest BCUT2D eigenvalue weighted by atomic mass is 35.5. The maximum absolute atomic E-state index is 6.24. The zero-order valence-electron chi connectivity index (χ0n) is 10.0. The van der Waals surface area contributed by atoms with Crippen LogP contribution in [-0.4, -0.2) is 5.54 Å². The van der Waals surface area contributed by atoms with E-state index in [0.29, 0.717) is 0 Å². The van der Waals surface area contributed by atoms with Crippen LogP contribution in [0.1, 0.15) is 18.4 Å². The van der Waals surface area contributed by atoms with Crippen LogP contribution in [0.4, 0.5) is 0 Å². The number of nitrogens with two attached hydrogens (primary N) is 1. The molecule has 0 heterocycles. The Labute approximate surface area is 110 Å². The summed E-state index contributed by atoms with van der Waals surface area (Å²) >= 11 is 0. The van der Waals surface area contributed by atoms with Crippen LogP contribution in [0.3, 0.4) is 0 Å². The van der Waals surface area contributed by atoms with E-state index in [1.807, 2.05) is 42.5 Å². The summed E-state index contributed by atoms with van der Waals surface area (Å²) < 4.78 is 0. The lowest BCUT2D eigenvalue weighted by Gasteiger charge is -2.22. The molecule has 0 fully saturated rings. The Balaban J connectivity index is 0.00000256. The molecule has 0 unspecified atom stereocenters. The van der Waals surface area contributed by atoms with Crippen LogP contribution < -0.4 is 5.73 Å².